The Morgan fingerprint density at radius 3 is 2.76 bits per heavy atom. The second kappa shape index (κ2) is 6.69. The molecular formula is C19H16ClFN4. The molecule has 0 saturated carbocycles. The van der Waals surface area contributed by atoms with E-state index >= 15 is 0 Å². The van der Waals surface area contributed by atoms with E-state index in [1.165, 1.54) is 23.3 Å². The van der Waals surface area contributed by atoms with Crippen molar-refractivity contribution in [1.29, 1.82) is 0 Å². The molecule has 25 heavy (non-hydrogen) atoms. The fourth-order valence-electron chi connectivity index (χ4n) is 2.98. The molecule has 0 fully saturated rings. The summed E-state index contributed by atoms with van der Waals surface area (Å²) in [5.74, 6) is 0.869. The summed E-state index contributed by atoms with van der Waals surface area (Å²) < 4.78 is 13.3. The molecule has 0 amide bonds. The second-order valence-corrected chi connectivity index (χ2v) is 6.34. The average molecular weight is 355 g/mol. The molecule has 2 aromatic carbocycles. The van der Waals surface area contributed by atoms with Crippen molar-refractivity contribution in [3.63, 3.8) is 0 Å². The van der Waals surface area contributed by atoms with Gasteiger partial charge in [0, 0.05) is 25.0 Å². The summed E-state index contributed by atoms with van der Waals surface area (Å²) in [5.41, 5.74) is 3.37. The third-order valence-electron chi connectivity index (χ3n) is 4.27. The van der Waals surface area contributed by atoms with E-state index in [0.29, 0.717) is 11.6 Å². The topological polar surface area (TPSA) is 41.1 Å². The van der Waals surface area contributed by atoms with Crippen molar-refractivity contribution >= 4 is 29.1 Å². The summed E-state index contributed by atoms with van der Waals surface area (Å²) >= 11 is 5.82. The molecule has 2 heterocycles. The first kappa shape index (κ1) is 15.8. The summed E-state index contributed by atoms with van der Waals surface area (Å²) in [7, 11) is 0. The SMILES string of the molecule is Fc1ccc(Nc2nccc(N3CCc4ccccc4C3)n2)cc1Cl. The molecule has 126 valence electrons. The predicted octanol–water partition coefficient (Wildman–Crippen LogP) is 4.58. The third kappa shape index (κ3) is 3.42. The molecule has 0 atom stereocenters. The highest BCUT2D eigenvalue weighted by molar-refractivity contribution is 6.31. The Morgan fingerprint density at radius 2 is 1.92 bits per heavy atom. The second-order valence-electron chi connectivity index (χ2n) is 5.93. The number of fused-ring (bicyclic) bond motifs is 1. The van der Waals surface area contributed by atoms with Crippen molar-refractivity contribution in [1.82, 2.24) is 9.97 Å². The van der Waals surface area contributed by atoms with Crippen LogP contribution in [-0.4, -0.2) is 16.5 Å². The van der Waals surface area contributed by atoms with Gasteiger partial charge in [-0.3, -0.25) is 0 Å². The minimum Gasteiger partial charge on any atom is -0.352 e. The standard InChI is InChI=1S/C19H16ClFN4/c20-16-11-15(5-6-17(16)21)23-19-22-9-7-18(24-19)25-10-8-13-3-1-2-4-14(13)12-25/h1-7,9,11H,8,10,12H2,(H,22,23,24). The maximum absolute atomic E-state index is 13.3. The van der Waals surface area contributed by atoms with Crippen LogP contribution < -0.4 is 10.2 Å². The molecule has 0 aliphatic carbocycles. The Kier molecular flexibility index (Phi) is 4.24. The molecular weight excluding hydrogens is 339 g/mol. The van der Waals surface area contributed by atoms with Crippen molar-refractivity contribution < 1.29 is 4.39 Å². The largest absolute Gasteiger partial charge is 0.352 e. The highest BCUT2D eigenvalue weighted by Gasteiger charge is 2.17. The smallest absolute Gasteiger partial charge is 0.229 e. The van der Waals surface area contributed by atoms with Gasteiger partial charge >= 0.3 is 0 Å². The molecule has 1 aliphatic heterocycles. The van der Waals surface area contributed by atoms with Crippen LogP contribution in [0.15, 0.2) is 54.7 Å². The van der Waals surface area contributed by atoms with Gasteiger partial charge in [0.05, 0.1) is 5.02 Å². The van der Waals surface area contributed by atoms with Crippen molar-refractivity contribution in [2.24, 2.45) is 0 Å². The van der Waals surface area contributed by atoms with E-state index in [9.17, 15) is 4.39 Å². The Labute approximate surface area is 150 Å². The van der Waals surface area contributed by atoms with Gasteiger partial charge in [0.2, 0.25) is 5.95 Å². The first-order valence-electron chi connectivity index (χ1n) is 8.06. The molecule has 4 rings (SSSR count). The van der Waals surface area contributed by atoms with Gasteiger partial charge in [-0.05, 0) is 41.8 Å². The van der Waals surface area contributed by atoms with Gasteiger partial charge in [0.15, 0.2) is 0 Å². The first-order valence-corrected chi connectivity index (χ1v) is 8.44. The highest BCUT2D eigenvalue weighted by Crippen LogP contribution is 2.25. The monoisotopic (exact) mass is 354 g/mol. The van der Waals surface area contributed by atoms with E-state index in [-0.39, 0.29) is 5.02 Å². The fourth-order valence-corrected chi connectivity index (χ4v) is 3.16. The molecule has 1 aromatic heterocycles. The Bertz CT molecular complexity index is 915. The number of rotatable bonds is 3. The maximum atomic E-state index is 13.3. The van der Waals surface area contributed by atoms with Crippen molar-refractivity contribution in [2.75, 3.05) is 16.8 Å². The quantitative estimate of drug-likeness (QED) is 0.747. The maximum Gasteiger partial charge on any atom is 0.229 e. The van der Waals surface area contributed by atoms with Gasteiger partial charge in [0.25, 0.3) is 0 Å². The lowest BCUT2D eigenvalue weighted by molar-refractivity contribution is 0.628. The zero-order valence-corrected chi connectivity index (χ0v) is 14.2. The van der Waals surface area contributed by atoms with Crippen LogP contribution in [0, 0.1) is 5.82 Å². The summed E-state index contributed by atoms with van der Waals surface area (Å²) in [6, 6.07) is 14.8. The first-order chi connectivity index (χ1) is 12.2. The van der Waals surface area contributed by atoms with Crippen molar-refractivity contribution in [3.05, 3.63) is 76.7 Å². The molecule has 0 bridgehead atoms. The van der Waals surface area contributed by atoms with Gasteiger partial charge in [-0.25, -0.2) is 9.37 Å². The Hall–Kier alpha value is -2.66. The van der Waals surface area contributed by atoms with E-state index in [1.54, 1.807) is 12.3 Å². The zero-order chi connectivity index (χ0) is 17.2. The lowest BCUT2D eigenvalue weighted by Gasteiger charge is -2.29. The number of hydrogen-bond acceptors (Lipinski definition) is 4. The van der Waals surface area contributed by atoms with Crippen LogP contribution in [0.2, 0.25) is 5.02 Å². The molecule has 4 nitrogen and oxygen atoms in total. The molecule has 1 aliphatic rings. The molecule has 6 heteroatoms. The average Bonchev–Trinajstić information content (AvgIpc) is 2.65. The number of anilines is 3. The van der Waals surface area contributed by atoms with E-state index in [4.69, 9.17) is 11.6 Å². The summed E-state index contributed by atoms with van der Waals surface area (Å²) in [6.07, 6.45) is 2.72. The minimum atomic E-state index is -0.450. The number of aromatic nitrogens is 2. The zero-order valence-electron chi connectivity index (χ0n) is 13.4. The third-order valence-corrected chi connectivity index (χ3v) is 4.56. The van der Waals surface area contributed by atoms with E-state index in [0.717, 1.165) is 25.3 Å². The van der Waals surface area contributed by atoms with Crippen LogP contribution in [0.1, 0.15) is 11.1 Å². The molecule has 0 radical (unpaired) electrons. The number of halogens is 2. The molecule has 0 unspecified atom stereocenters. The fraction of sp³-hybridized carbons (Fsp3) is 0.158. The van der Waals surface area contributed by atoms with Crippen LogP contribution >= 0.6 is 11.6 Å². The molecule has 0 saturated heterocycles. The molecule has 1 N–H and O–H groups in total. The number of benzene rings is 2. The highest BCUT2D eigenvalue weighted by atomic mass is 35.5. The lowest BCUT2D eigenvalue weighted by atomic mass is 10.00. The van der Waals surface area contributed by atoms with Gasteiger partial charge in [-0.2, -0.15) is 4.98 Å². The Morgan fingerprint density at radius 1 is 1.08 bits per heavy atom. The van der Waals surface area contributed by atoms with Gasteiger partial charge < -0.3 is 10.2 Å². The van der Waals surface area contributed by atoms with Crippen molar-refractivity contribution in [3.8, 4) is 0 Å². The summed E-state index contributed by atoms with van der Waals surface area (Å²) in [5, 5.41) is 3.13. The molecule has 3 aromatic rings. The predicted molar refractivity (Wildman–Crippen MR) is 97.9 cm³/mol. The van der Waals surface area contributed by atoms with E-state index in [2.05, 4.69) is 44.5 Å². The van der Waals surface area contributed by atoms with Crippen LogP contribution in [-0.2, 0) is 13.0 Å². The normalized spacial score (nSPS) is 13.4. The summed E-state index contributed by atoms with van der Waals surface area (Å²) in [6.45, 7) is 1.74. The van der Waals surface area contributed by atoms with Gasteiger partial charge in [0.1, 0.15) is 11.6 Å². The lowest BCUT2D eigenvalue weighted by Crippen LogP contribution is -2.31. The minimum absolute atomic E-state index is 0.0637. The van der Waals surface area contributed by atoms with Crippen LogP contribution in [0.3, 0.4) is 0 Å². The Balaban J connectivity index is 1.55. The van der Waals surface area contributed by atoms with Crippen molar-refractivity contribution in [2.45, 2.75) is 13.0 Å². The van der Waals surface area contributed by atoms with Crippen LogP contribution in [0.25, 0.3) is 0 Å². The van der Waals surface area contributed by atoms with Gasteiger partial charge in [-0.15, -0.1) is 0 Å². The number of nitrogens with one attached hydrogen (secondary N) is 1. The van der Waals surface area contributed by atoms with E-state index < -0.39 is 5.82 Å². The summed E-state index contributed by atoms with van der Waals surface area (Å²) in [4.78, 5) is 11.1. The van der Waals surface area contributed by atoms with Crippen LogP contribution in [0.5, 0.6) is 0 Å². The van der Waals surface area contributed by atoms with E-state index in [1.807, 2.05) is 6.07 Å². The number of hydrogen-bond donors (Lipinski definition) is 1. The van der Waals surface area contributed by atoms with Gasteiger partial charge in [-0.1, -0.05) is 35.9 Å². The molecule has 0 spiro atoms. The number of nitrogens with zero attached hydrogens (tertiary/aromatic N) is 3. The van der Waals surface area contributed by atoms with Crippen LogP contribution in [0.4, 0.5) is 21.8 Å².